The number of rotatable bonds is 6. The summed E-state index contributed by atoms with van der Waals surface area (Å²) >= 11 is 9.00. The van der Waals surface area contributed by atoms with Gasteiger partial charge in [0.05, 0.1) is 16.0 Å². The molecule has 3 nitrogen and oxygen atoms in total. The van der Waals surface area contributed by atoms with E-state index in [2.05, 4.69) is 17.2 Å². The van der Waals surface area contributed by atoms with E-state index in [-0.39, 0.29) is 11.9 Å². The maximum absolute atomic E-state index is 11.8. The van der Waals surface area contributed by atoms with E-state index in [1.807, 2.05) is 25.1 Å². The number of nitrogens with zero attached hydrogens (tertiary/aromatic N) is 1. The molecule has 2 aromatic rings. The molecule has 1 aromatic carbocycles. The van der Waals surface area contributed by atoms with Crippen molar-refractivity contribution >= 4 is 50.8 Å². The van der Waals surface area contributed by atoms with E-state index in [1.165, 1.54) is 11.8 Å². The number of thioether (sulfide) groups is 1. The highest BCUT2D eigenvalue weighted by Gasteiger charge is 2.10. The number of thiazole rings is 1. The first-order chi connectivity index (χ1) is 9.58. The molecule has 0 fully saturated rings. The van der Waals surface area contributed by atoms with Gasteiger partial charge in [0.2, 0.25) is 5.91 Å². The Balaban J connectivity index is 1.90. The molecule has 1 N–H and O–H groups in total. The Morgan fingerprint density at radius 2 is 2.35 bits per heavy atom. The summed E-state index contributed by atoms with van der Waals surface area (Å²) in [6.45, 7) is 4.15. The monoisotopic (exact) mass is 328 g/mol. The Labute approximate surface area is 132 Å². The number of benzene rings is 1. The van der Waals surface area contributed by atoms with Crippen LogP contribution in [-0.4, -0.2) is 22.7 Å². The maximum Gasteiger partial charge on any atom is 0.230 e. The summed E-state index contributed by atoms with van der Waals surface area (Å²) in [5, 5.41) is 3.68. The summed E-state index contributed by atoms with van der Waals surface area (Å²) in [6.07, 6.45) is 2.09. The third-order valence-electron chi connectivity index (χ3n) is 2.79. The lowest BCUT2D eigenvalue weighted by Gasteiger charge is -2.11. The van der Waals surface area contributed by atoms with Crippen LogP contribution in [0.25, 0.3) is 10.2 Å². The van der Waals surface area contributed by atoms with E-state index in [1.54, 1.807) is 11.3 Å². The molecule has 1 aromatic heterocycles. The summed E-state index contributed by atoms with van der Waals surface area (Å²) in [5.74, 6) is 0.468. The van der Waals surface area contributed by atoms with Crippen molar-refractivity contribution in [1.82, 2.24) is 10.3 Å². The second-order valence-electron chi connectivity index (χ2n) is 4.64. The molecule has 0 radical (unpaired) electrons. The molecule has 0 saturated heterocycles. The first-order valence-electron chi connectivity index (χ1n) is 6.56. The number of carbonyl (C=O) groups excluding carboxylic acids is 1. The molecule has 20 heavy (non-hydrogen) atoms. The lowest BCUT2D eigenvalue weighted by atomic mass is 10.2. The number of hydrogen-bond acceptors (Lipinski definition) is 4. The lowest BCUT2D eigenvalue weighted by molar-refractivity contribution is -0.119. The minimum atomic E-state index is 0.0632. The van der Waals surface area contributed by atoms with E-state index in [9.17, 15) is 4.79 Å². The predicted octanol–water partition coefficient (Wildman–Crippen LogP) is 4.35. The second-order valence-corrected chi connectivity index (χ2v) is 7.33. The van der Waals surface area contributed by atoms with Gasteiger partial charge in [0, 0.05) is 11.1 Å². The lowest BCUT2D eigenvalue weighted by Crippen LogP contribution is -2.33. The molecule has 0 saturated carbocycles. The molecule has 1 atom stereocenters. The van der Waals surface area contributed by atoms with E-state index >= 15 is 0 Å². The molecule has 6 heteroatoms. The Bertz CT molecular complexity index is 600. The van der Waals surface area contributed by atoms with Crippen molar-refractivity contribution in [2.45, 2.75) is 37.1 Å². The van der Waals surface area contributed by atoms with Gasteiger partial charge < -0.3 is 5.32 Å². The molecular weight excluding hydrogens is 312 g/mol. The molecule has 0 bridgehead atoms. The van der Waals surface area contributed by atoms with Gasteiger partial charge in [-0.05, 0) is 31.5 Å². The van der Waals surface area contributed by atoms with E-state index in [4.69, 9.17) is 11.6 Å². The smallest absolute Gasteiger partial charge is 0.230 e. The van der Waals surface area contributed by atoms with Crippen LogP contribution in [0.2, 0.25) is 5.02 Å². The summed E-state index contributed by atoms with van der Waals surface area (Å²) in [6, 6.07) is 5.90. The fourth-order valence-electron chi connectivity index (χ4n) is 1.89. The Morgan fingerprint density at radius 1 is 1.55 bits per heavy atom. The van der Waals surface area contributed by atoms with Gasteiger partial charge in [0.25, 0.3) is 0 Å². The first kappa shape index (κ1) is 15.6. The molecule has 0 aliphatic rings. The van der Waals surface area contributed by atoms with Gasteiger partial charge in [-0.3, -0.25) is 4.79 Å². The average molecular weight is 329 g/mol. The van der Waals surface area contributed by atoms with Gasteiger partial charge in [-0.15, -0.1) is 11.3 Å². The largest absolute Gasteiger partial charge is 0.353 e. The van der Waals surface area contributed by atoms with Gasteiger partial charge in [0.1, 0.15) is 0 Å². The topological polar surface area (TPSA) is 42.0 Å². The zero-order chi connectivity index (χ0) is 14.5. The van der Waals surface area contributed by atoms with Crippen LogP contribution in [0.1, 0.15) is 26.7 Å². The van der Waals surface area contributed by atoms with Gasteiger partial charge in [-0.25, -0.2) is 4.98 Å². The zero-order valence-electron chi connectivity index (χ0n) is 11.5. The normalized spacial score (nSPS) is 12.6. The fourth-order valence-corrected chi connectivity index (χ4v) is 3.92. The minimum absolute atomic E-state index is 0.0632. The van der Waals surface area contributed by atoms with Crippen LogP contribution < -0.4 is 5.32 Å². The van der Waals surface area contributed by atoms with Gasteiger partial charge in [-0.1, -0.05) is 36.7 Å². The summed E-state index contributed by atoms with van der Waals surface area (Å²) in [5.41, 5.74) is 0.893. The number of nitrogens with one attached hydrogen (secondary N) is 1. The van der Waals surface area contributed by atoms with Crippen molar-refractivity contribution in [3.63, 3.8) is 0 Å². The zero-order valence-corrected chi connectivity index (χ0v) is 13.9. The summed E-state index contributed by atoms with van der Waals surface area (Å²) in [4.78, 5) is 16.3. The van der Waals surface area contributed by atoms with Crippen LogP contribution in [-0.2, 0) is 4.79 Å². The van der Waals surface area contributed by atoms with E-state index in [0.29, 0.717) is 10.8 Å². The Kier molecular flexibility index (Phi) is 5.69. The van der Waals surface area contributed by atoms with Crippen molar-refractivity contribution < 1.29 is 4.79 Å². The number of fused-ring (bicyclic) bond motifs is 1. The molecular formula is C14H17ClN2OS2. The van der Waals surface area contributed by atoms with Crippen molar-refractivity contribution in [2.75, 3.05) is 5.75 Å². The van der Waals surface area contributed by atoms with Crippen LogP contribution >= 0.6 is 34.7 Å². The number of hydrogen-bond donors (Lipinski definition) is 1. The van der Waals surface area contributed by atoms with Crippen LogP contribution in [0.15, 0.2) is 22.5 Å². The predicted molar refractivity (Wildman–Crippen MR) is 87.9 cm³/mol. The number of halogens is 1. The molecule has 0 aliphatic carbocycles. The van der Waals surface area contributed by atoms with Crippen molar-refractivity contribution in [2.24, 2.45) is 0 Å². The highest BCUT2D eigenvalue weighted by atomic mass is 35.5. The highest BCUT2D eigenvalue weighted by Crippen LogP contribution is 2.30. The maximum atomic E-state index is 11.8. The number of aromatic nitrogens is 1. The van der Waals surface area contributed by atoms with Crippen molar-refractivity contribution in [3.8, 4) is 0 Å². The SMILES string of the molecule is CCCC(C)NC(=O)CSc1nc2cc(Cl)ccc2s1. The number of amides is 1. The molecule has 0 aliphatic heterocycles. The summed E-state index contributed by atoms with van der Waals surface area (Å²) in [7, 11) is 0. The van der Waals surface area contributed by atoms with Gasteiger partial charge in [0.15, 0.2) is 4.34 Å². The average Bonchev–Trinajstić information content (AvgIpc) is 2.78. The molecule has 108 valence electrons. The van der Waals surface area contributed by atoms with Crippen LogP contribution in [0.5, 0.6) is 0 Å². The minimum Gasteiger partial charge on any atom is -0.353 e. The molecule has 2 rings (SSSR count). The van der Waals surface area contributed by atoms with Gasteiger partial charge in [-0.2, -0.15) is 0 Å². The Hall–Kier alpha value is -0.780. The van der Waals surface area contributed by atoms with Crippen LogP contribution in [0.3, 0.4) is 0 Å². The van der Waals surface area contributed by atoms with Crippen LogP contribution in [0, 0.1) is 0 Å². The second kappa shape index (κ2) is 7.29. The van der Waals surface area contributed by atoms with E-state index in [0.717, 1.165) is 27.4 Å². The third-order valence-corrected chi connectivity index (χ3v) is 5.20. The quantitative estimate of drug-likeness (QED) is 0.802. The standard InChI is InChI=1S/C14H17ClN2OS2/c1-3-4-9(2)16-13(18)8-19-14-17-11-7-10(15)5-6-12(11)20-14/h5-7,9H,3-4,8H2,1-2H3,(H,16,18). The number of carbonyl (C=O) groups is 1. The molecule has 1 heterocycles. The Morgan fingerprint density at radius 3 is 3.10 bits per heavy atom. The first-order valence-corrected chi connectivity index (χ1v) is 8.74. The van der Waals surface area contributed by atoms with Crippen LogP contribution in [0.4, 0.5) is 0 Å². The summed E-state index contributed by atoms with van der Waals surface area (Å²) < 4.78 is 2.00. The van der Waals surface area contributed by atoms with Gasteiger partial charge >= 0.3 is 0 Å². The fraction of sp³-hybridized carbons (Fsp3) is 0.429. The van der Waals surface area contributed by atoms with Crippen molar-refractivity contribution in [1.29, 1.82) is 0 Å². The molecule has 1 amide bonds. The van der Waals surface area contributed by atoms with Crippen molar-refractivity contribution in [3.05, 3.63) is 23.2 Å². The molecule has 1 unspecified atom stereocenters. The highest BCUT2D eigenvalue weighted by molar-refractivity contribution is 8.01. The molecule has 0 spiro atoms. The third kappa shape index (κ3) is 4.36. The van der Waals surface area contributed by atoms with E-state index < -0.39 is 0 Å².